The van der Waals surface area contributed by atoms with Crippen LogP contribution in [0.25, 0.3) is 0 Å². The number of benzene rings is 3. The second kappa shape index (κ2) is 10.6. The van der Waals surface area contributed by atoms with Gasteiger partial charge >= 0.3 is 6.18 Å². The Kier molecular flexibility index (Phi) is 8.17. The third-order valence-electron chi connectivity index (χ3n) is 5.63. The summed E-state index contributed by atoms with van der Waals surface area (Å²) in [5, 5.41) is -0.235. The van der Waals surface area contributed by atoms with Crippen LogP contribution in [-0.4, -0.2) is 17.4 Å². The van der Waals surface area contributed by atoms with E-state index in [1.54, 1.807) is 18.2 Å². The van der Waals surface area contributed by atoms with E-state index >= 15 is 0 Å². The minimum Gasteiger partial charge on any atom is -0.334 e. The molecule has 8 heteroatoms. The predicted octanol–water partition coefficient (Wildman–Crippen LogP) is 8.33. The largest absolute Gasteiger partial charge is 0.416 e. The molecule has 1 amide bonds. The molecule has 0 bridgehead atoms. The van der Waals surface area contributed by atoms with Crippen LogP contribution in [0.3, 0.4) is 0 Å². The summed E-state index contributed by atoms with van der Waals surface area (Å²) in [6.07, 6.45) is -4.40. The number of nitrogens with zero attached hydrogens (tertiary/aromatic N) is 1. The van der Waals surface area contributed by atoms with Gasteiger partial charge in [-0.15, -0.1) is 0 Å². The van der Waals surface area contributed by atoms with Crippen LogP contribution in [0.2, 0.25) is 10.0 Å². The Morgan fingerprint density at radius 1 is 0.886 bits per heavy atom. The number of carbonyl (C=O) groups is 1. The SMILES string of the molecule is CC(C)(C)c1ccc(CN(CCc2cccc(Cl)c2)C(=O)c2cc(C(F)(F)F)cc(Cl)c2F)cc1. The van der Waals surface area contributed by atoms with E-state index in [0.29, 0.717) is 23.6 Å². The summed E-state index contributed by atoms with van der Waals surface area (Å²) in [6.45, 7) is 6.43. The minimum atomic E-state index is -4.78. The standard InChI is InChI=1S/C27H25Cl2F4NO/c1-26(2,3)19-9-7-18(8-10-19)16-34(12-11-17-5-4-6-21(28)13-17)25(35)22-14-20(27(31,32)33)15-23(29)24(22)30/h4-10,13-15H,11-12,16H2,1-3H3. The monoisotopic (exact) mass is 525 g/mol. The zero-order valence-corrected chi connectivity index (χ0v) is 21.0. The number of rotatable bonds is 6. The summed E-state index contributed by atoms with van der Waals surface area (Å²) < 4.78 is 54.7. The first-order valence-electron chi connectivity index (χ1n) is 10.9. The Bertz CT molecular complexity index is 1200. The third kappa shape index (κ3) is 6.98. The first kappa shape index (κ1) is 27.0. The Labute approximate surface area is 212 Å². The molecule has 0 aliphatic carbocycles. The van der Waals surface area contributed by atoms with E-state index in [-0.39, 0.29) is 18.5 Å². The maximum absolute atomic E-state index is 14.8. The maximum Gasteiger partial charge on any atom is 0.416 e. The van der Waals surface area contributed by atoms with Crippen LogP contribution in [-0.2, 0) is 24.6 Å². The van der Waals surface area contributed by atoms with Crippen molar-refractivity contribution in [1.29, 1.82) is 0 Å². The highest BCUT2D eigenvalue weighted by molar-refractivity contribution is 6.31. The van der Waals surface area contributed by atoms with Crippen LogP contribution in [0.15, 0.2) is 60.7 Å². The maximum atomic E-state index is 14.8. The summed E-state index contributed by atoms with van der Waals surface area (Å²) in [4.78, 5) is 14.7. The molecule has 0 spiro atoms. The Hall–Kier alpha value is -2.57. The van der Waals surface area contributed by atoms with E-state index in [0.717, 1.165) is 16.7 Å². The molecule has 3 aromatic carbocycles. The van der Waals surface area contributed by atoms with Gasteiger partial charge < -0.3 is 4.90 Å². The van der Waals surface area contributed by atoms with Crippen molar-refractivity contribution in [3.63, 3.8) is 0 Å². The van der Waals surface area contributed by atoms with Gasteiger partial charge in [-0.25, -0.2) is 4.39 Å². The first-order valence-corrected chi connectivity index (χ1v) is 11.7. The molecule has 0 unspecified atom stereocenters. The fourth-order valence-corrected chi connectivity index (χ4v) is 4.05. The number of alkyl halides is 3. The van der Waals surface area contributed by atoms with Gasteiger partial charge in [0.25, 0.3) is 5.91 Å². The van der Waals surface area contributed by atoms with Crippen molar-refractivity contribution in [2.75, 3.05) is 6.54 Å². The molecule has 3 aromatic rings. The van der Waals surface area contributed by atoms with Gasteiger partial charge in [0.1, 0.15) is 0 Å². The van der Waals surface area contributed by atoms with Gasteiger partial charge in [-0.1, -0.05) is 80.4 Å². The Balaban J connectivity index is 1.95. The molecule has 0 saturated heterocycles. The van der Waals surface area contributed by atoms with Crippen LogP contribution in [0.1, 0.15) is 53.4 Å². The quantitative estimate of drug-likeness (QED) is 0.296. The van der Waals surface area contributed by atoms with E-state index in [1.807, 2.05) is 30.3 Å². The molecule has 0 heterocycles. The van der Waals surface area contributed by atoms with Crippen molar-refractivity contribution in [3.05, 3.63) is 104 Å². The summed E-state index contributed by atoms with van der Waals surface area (Å²) in [7, 11) is 0. The highest BCUT2D eigenvalue weighted by Gasteiger charge is 2.34. The third-order valence-corrected chi connectivity index (χ3v) is 6.14. The molecule has 0 aromatic heterocycles. The number of hydrogen-bond donors (Lipinski definition) is 0. The summed E-state index contributed by atoms with van der Waals surface area (Å²) in [6, 6.07) is 15.6. The van der Waals surface area contributed by atoms with Crippen LogP contribution in [0.5, 0.6) is 0 Å². The molecule has 0 radical (unpaired) electrons. The summed E-state index contributed by atoms with van der Waals surface area (Å²) >= 11 is 11.8. The second-order valence-electron chi connectivity index (χ2n) is 9.37. The molecule has 0 saturated carbocycles. The van der Waals surface area contributed by atoms with E-state index in [2.05, 4.69) is 20.8 Å². The van der Waals surface area contributed by atoms with Crippen LogP contribution in [0.4, 0.5) is 17.6 Å². The van der Waals surface area contributed by atoms with E-state index in [1.165, 1.54) is 4.90 Å². The normalized spacial score (nSPS) is 12.0. The lowest BCUT2D eigenvalue weighted by Crippen LogP contribution is -2.33. The van der Waals surface area contributed by atoms with Crippen molar-refractivity contribution in [2.45, 2.75) is 45.3 Å². The lowest BCUT2D eigenvalue weighted by Gasteiger charge is -2.25. The van der Waals surface area contributed by atoms with Crippen LogP contribution < -0.4 is 0 Å². The van der Waals surface area contributed by atoms with Gasteiger partial charge in [0, 0.05) is 18.1 Å². The van der Waals surface area contributed by atoms with E-state index in [4.69, 9.17) is 23.2 Å². The number of carbonyl (C=O) groups excluding carboxylic acids is 1. The molecule has 3 rings (SSSR count). The second-order valence-corrected chi connectivity index (χ2v) is 10.2. The number of halogens is 6. The smallest absolute Gasteiger partial charge is 0.334 e. The Morgan fingerprint density at radius 2 is 1.54 bits per heavy atom. The molecular weight excluding hydrogens is 501 g/mol. The fraction of sp³-hybridized carbons (Fsp3) is 0.296. The van der Waals surface area contributed by atoms with Gasteiger partial charge in [-0.2, -0.15) is 13.2 Å². The lowest BCUT2D eigenvalue weighted by molar-refractivity contribution is -0.137. The molecule has 0 aliphatic heterocycles. The van der Waals surface area contributed by atoms with Crippen LogP contribution in [0, 0.1) is 5.82 Å². The molecule has 0 N–H and O–H groups in total. The van der Waals surface area contributed by atoms with Crippen molar-refractivity contribution in [3.8, 4) is 0 Å². The molecule has 0 aliphatic rings. The van der Waals surface area contributed by atoms with Crippen molar-refractivity contribution < 1.29 is 22.4 Å². The van der Waals surface area contributed by atoms with E-state index in [9.17, 15) is 22.4 Å². The van der Waals surface area contributed by atoms with Crippen LogP contribution >= 0.6 is 23.2 Å². The molecule has 0 atom stereocenters. The van der Waals surface area contributed by atoms with Crippen molar-refractivity contribution in [1.82, 2.24) is 4.90 Å². The van der Waals surface area contributed by atoms with Gasteiger partial charge in [-0.3, -0.25) is 4.79 Å². The van der Waals surface area contributed by atoms with Gasteiger partial charge in [-0.05, 0) is 52.8 Å². The van der Waals surface area contributed by atoms with Crippen molar-refractivity contribution in [2.24, 2.45) is 0 Å². The summed E-state index contributed by atoms with van der Waals surface area (Å²) in [5.41, 5.74) is 0.711. The van der Waals surface area contributed by atoms with Gasteiger partial charge in [0.05, 0.1) is 16.1 Å². The lowest BCUT2D eigenvalue weighted by atomic mass is 9.87. The van der Waals surface area contributed by atoms with Gasteiger partial charge in [0.2, 0.25) is 0 Å². The van der Waals surface area contributed by atoms with E-state index < -0.39 is 34.1 Å². The minimum absolute atomic E-state index is 0.0709. The average molecular weight is 526 g/mol. The summed E-state index contributed by atoms with van der Waals surface area (Å²) in [5.74, 6) is -2.06. The molecule has 35 heavy (non-hydrogen) atoms. The first-order chi connectivity index (χ1) is 16.3. The highest BCUT2D eigenvalue weighted by Crippen LogP contribution is 2.34. The molecule has 186 valence electrons. The molecular formula is C27H25Cl2F4NO. The molecule has 0 fully saturated rings. The highest BCUT2D eigenvalue weighted by atomic mass is 35.5. The van der Waals surface area contributed by atoms with Crippen molar-refractivity contribution >= 4 is 29.1 Å². The average Bonchev–Trinajstić information content (AvgIpc) is 2.77. The molecule has 2 nitrogen and oxygen atoms in total. The zero-order chi connectivity index (χ0) is 26.0. The number of hydrogen-bond acceptors (Lipinski definition) is 1. The predicted molar refractivity (Wildman–Crippen MR) is 131 cm³/mol. The number of amides is 1. The zero-order valence-electron chi connectivity index (χ0n) is 19.5. The fourth-order valence-electron chi connectivity index (χ4n) is 3.62. The Morgan fingerprint density at radius 3 is 2.11 bits per heavy atom. The van der Waals surface area contributed by atoms with Gasteiger partial charge in [0.15, 0.2) is 5.82 Å². The topological polar surface area (TPSA) is 20.3 Å².